The number of benzene rings is 1. The number of pyridine rings is 1. The van der Waals surface area contributed by atoms with Gasteiger partial charge in [0.25, 0.3) is 0 Å². The SMILES string of the molecule is COCCCOc1ccnc(-c2nc3c(C)cccc3n2S)c1C. The number of para-hydroxylation sites is 1. The molecule has 3 aromatic rings. The van der Waals surface area contributed by atoms with E-state index in [9.17, 15) is 0 Å². The number of methoxy groups -OCH3 is 1. The summed E-state index contributed by atoms with van der Waals surface area (Å²) >= 11 is 4.61. The van der Waals surface area contributed by atoms with E-state index in [2.05, 4.69) is 17.8 Å². The minimum absolute atomic E-state index is 0.606. The summed E-state index contributed by atoms with van der Waals surface area (Å²) < 4.78 is 12.7. The molecule has 1 aromatic carbocycles. The van der Waals surface area contributed by atoms with Gasteiger partial charge in [0, 0.05) is 31.9 Å². The van der Waals surface area contributed by atoms with E-state index >= 15 is 0 Å². The van der Waals surface area contributed by atoms with Gasteiger partial charge in [0.15, 0.2) is 5.82 Å². The van der Waals surface area contributed by atoms with Crippen LogP contribution < -0.4 is 4.74 Å². The summed E-state index contributed by atoms with van der Waals surface area (Å²) in [5.74, 6) is 1.54. The van der Waals surface area contributed by atoms with Crippen LogP contribution in [0.4, 0.5) is 0 Å². The molecule has 0 radical (unpaired) electrons. The molecule has 0 saturated heterocycles. The molecular weight excluding hydrogens is 322 g/mol. The minimum atomic E-state index is 0.606. The van der Waals surface area contributed by atoms with Crippen LogP contribution in [-0.4, -0.2) is 34.3 Å². The molecule has 2 heterocycles. The molecular formula is C18H21N3O2S. The average Bonchev–Trinajstić information content (AvgIpc) is 2.92. The summed E-state index contributed by atoms with van der Waals surface area (Å²) in [6.45, 7) is 5.33. The van der Waals surface area contributed by atoms with Gasteiger partial charge in [0.1, 0.15) is 11.4 Å². The lowest BCUT2D eigenvalue weighted by molar-refractivity contribution is 0.172. The van der Waals surface area contributed by atoms with Gasteiger partial charge in [-0.2, -0.15) is 0 Å². The molecule has 5 nitrogen and oxygen atoms in total. The van der Waals surface area contributed by atoms with Gasteiger partial charge in [-0.25, -0.2) is 4.98 Å². The third kappa shape index (κ3) is 3.12. The monoisotopic (exact) mass is 343 g/mol. The number of ether oxygens (including phenoxy) is 2. The van der Waals surface area contributed by atoms with Crippen LogP contribution in [0, 0.1) is 13.8 Å². The van der Waals surface area contributed by atoms with Crippen LogP contribution >= 0.6 is 12.8 Å². The van der Waals surface area contributed by atoms with Crippen LogP contribution in [0.25, 0.3) is 22.6 Å². The zero-order valence-corrected chi connectivity index (χ0v) is 15.0. The van der Waals surface area contributed by atoms with Crippen LogP contribution in [0.5, 0.6) is 5.75 Å². The quantitative estimate of drug-likeness (QED) is 0.546. The largest absolute Gasteiger partial charge is 0.493 e. The first kappa shape index (κ1) is 16.8. The Labute approximate surface area is 147 Å². The van der Waals surface area contributed by atoms with E-state index in [0.717, 1.165) is 45.8 Å². The Morgan fingerprint density at radius 2 is 2.00 bits per heavy atom. The van der Waals surface area contributed by atoms with Crippen molar-refractivity contribution in [2.45, 2.75) is 20.3 Å². The molecule has 0 saturated carbocycles. The van der Waals surface area contributed by atoms with Crippen LogP contribution in [0.3, 0.4) is 0 Å². The average molecular weight is 343 g/mol. The first-order valence-corrected chi connectivity index (χ1v) is 8.28. The van der Waals surface area contributed by atoms with E-state index in [1.54, 1.807) is 17.3 Å². The molecule has 24 heavy (non-hydrogen) atoms. The maximum absolute atomic E-state index is 5.86. The topological polar surface area (TPSA) is 49.2 Å². The third-order valence-electron chi connectivity index (χ3n) is 3.98. The predicted octanol–water partition coefficient (Wildman–Crippen LogP) is 3.82. The van der Waals surface area contributed by atoms with Crippen molar-refractivity contribution in [3.05, 3.63) is 41.6 Å². The Kier molecular flexibility index (Phi) is 5.06. The Balaban J connectivity index is 1.98. The van der Waals surface area contributed by atoms with Crippen LogP contribution in [0.2, 0.25) is 0 Å². The van der Waals surface area contributed by atoms with E-state index in [4.69, 9.17) is 14.5 Å². The maximum atomic E-state index is 5.86. The Hall–Kier alpha value is -2.05. The Morgan fingerprint density at radius 1 is 1.17 bits per heavy atom. The summed E-state index contributed by atoms with van der Waals surface area (Å²) in [5, 5.41) is 0. The van der Waals surface area contributed by atoms with E-state index in [-0.39, 0.29) is 0 Å². The van der Waals surface area contributed by atoms with E-state index < -0.39 is 0 Å². The molecule has 0 unspecified atom stereocenters. The van der Waals surface area contributed by atoms with Crippen molar-refractivity contribution in [2.75, 3.05) is 20.3 Å². The number of nitrogens with zero attached hydrogens (tertiary/aromatic N) is 3. The van der Waals surface area contributed by atoms with Gasteiger partial charge in [-0.1, -0.05) is 24.9 Å². The molecule has 0 aliphatic carbocycles. The van der Waals surface area contributed by atoms with Crippen molar-refractivity contribution < 1.29 is 9.47 Å². The molecule has 0 N–H and O–H groups in total. The second-order valence-corrected chi connectivity index (χ2v) is 6.07. The van der Waals surface area contributed by atoms with Gasteiger partial charge in [0.2, 0.25) is 0 Å². The smallest absolute Gasteiger partial charge is 0.170 e. The van der Waals surface area contributed by atoms with Crippen molar-refractivity contribution in [2.24, 2.45) is 0 Å². The molecule has 0 aliphatic rings. The highest BCUT2D eigenvalue weighted by Gasteiger charge is 2.17. The van der Waals surface area contributed by atoms with Crippen LogP contribution in [0.1, 0.15) is 17.5 Å². The summed E-state index contributed by atoms with van der Waals surface area (Å²) in [7, 11) is 1.69. The Morgan fingerprint density at radius 3 is 2.75 bits per heavy atom. The maximum Gasteiger partial charge on any atom is 0.170 e. The van der Waals surface area contributed by atoms with Gasteiger partial charge in [-0.3, -0.25) is 8.96 Å². The molecule has 6 heteroatoms. The lowest BCUT2D eigenvalue weighted by atomic mass is 10.2. The number of thiol groups is 1. The zero-order valence-electron chi connectivity index (χ0n) is 14.1. The van der Waals surface area contributed by atoms with Gasteiger partial charge >= 0.3 is 0 Å². The number of fused-ring (bicyclic) bond motifs is 1. The highest BCUT2D eigenvalue weighted by molar-refractivity contribution is 7.78. The molecule has 0 spiro atoms. The fourth-order valence-electron chi connectivity index (χ4n) is 2.67. The number of hydrogen-bond acceptors (Lipinski definition) is 5. The van der Waals surface area contributed by atoms with Gasteiger partial charge in [-0.15, -0.1) is 0 Å². The summed E-state index contributed by atoms with van der Waals surface area (Å²) in [6, 6.07) is 7.93. The van der Waals surface area contributed by atoms with Crippen molar-refractivity contribution in [3.63, 3.8) is 0 Å². The summed E-state index contributed by atoms with van der Waals surface area (Å²) in [5.41, 5.74) is 4.77. The fraction of sp³-hybridized carbons (Fsp3) is 0.333. The van der Waals surface area contributed by atoms with Crippen LogP contribution in [0.15, 0.2) is 30.5 Å². The van der Waals surface area contributed by atoms with Crippen molar-refractivity contribution in [3.8, 4) is 17.3 Å². The molecule has 0 bridgehead atoms. The van der Waals surface area contributed by atoms with E-state index in [0.29, 0.717) is 13.2 Å². The van der Waals surface area contributed by atoms with Crippen molar-refractivity contribution in [1.29, 1.82) is 0 Å². The van der Waals surface area contributed by atoms with E-state index in [1.165, 1.54) is 0 Å². The highest BCUT2D eigenvalue weighted by atomic mass is 32.1. The lowest BCUT2D eigenvalue weighted by Crippen LogP contribution is -2.04. The first-order valence-electron chi connectivity index (χ1n) is 7.88. The molecule has 0 atom stereocenters. The molecule has 2 aromatic heterocycles. The third-order valence-corrected chi connectivity index (χ3v) is 4.38. The second-order valence-electron chi connectivity index (χ2n) is 5.67. The standard InChI is InChI=1S/C18H21N3O2S/c1-12-6-4-7-14-16(12)20-18(21(14)24)17-13(2)15(8-9-19-17)23-11-5-10-22-3/h4,6-9,24H,5,10-11H2,1-3H3. The number of aromatic nitrogens is 3. The number of rotatable bonds is 6. The lowest BCUT2D eigenvalue weighted by Gasteiger charge is -2.11. The Bertz CT molecular complexity index is 861. The van der Waals surface area contributed by atoms with Gasteiger partial charge in [0.05, 0.1) is 17.6 Å². The predicted molar refractivity (Wildman–Crippen MR) is 98.8 cm³/mol. The summed E-state index contributed by atoms with van der Waals surface area (Å²) in [6.07, 6.45) is 2.59. The van der Waals surface area contributed by atoms with Crippen molar-refractivity contribution in [1.82, 2.24) is 13.9 Å². The number of hydrogen-bond donors (Lipinski definition) is 1. The number of imidazole rings is 1. The molecule has 0 fully saturated rings. The van der Waals surface area contributed by atoms with Gasteiger partial charge < -0.3 is 9.47 Å². The molecule has 0 aliphatic heterocycles. The molecule has 126 valence electrons. The summed E-state index contributed by atoms with van der Waals surface area (Å²) in [4.78, 5) is 9.24. The zero-order chi connectivity index (χ0) is 17.1. The fourth-order valence-corrected chi connectivity index (χ4v) is 2.97. The number of aryl methyl sites for hydroxylation is 1. The van der Waals surface area contributed by atoms with E-state index in [1.807, 2.05) is 38.1 Å². The highest BCUT2D eigenvalue weighted by Crippen LogP contribution is 2.31. The van der Waals surface area contributed by atoms with Crippen LogP contribution in [-0.2, 0) is 4.74 Å². The van der Waals surface area contributed by atoms with Crippen molar-refractivity contribution >= 4 is 23.8 Å². The molecule has 0 amide bonds. The first-order chi connectivity index (χ1) is 11.6. The van der Waals surface area contributed by atoms with Gasteiger partial charge in [-0.05, 0) is 31.5 Å². The minimum Gasteiger partial charge on any atom is -0.493 e. The molecule has 3 rings (SSSR count). The normalized spacial score (nSPS) is 11.2. The second kappa shape index (κ2) is 7.23.